The van der Waals surface area contributed by atoms with Crippen LogP contribution in [0.25, 0.3) is 6.08 Å². The van der Waals surface area contributed by atoms with Gasteiger partial charge >= 0.3 is 0 Å². The third kappa shape index (κ3) is 2.57. The second-order valence-corrected chi connectivity index (χ2v) is 7.06. The minimum atomic E-state index is -0.0111. The van der Waals surface area contributed by atoms with Gasteiger partial charge in [0.1, 0.15) is 13.3 Å². The molecule has 0 saturated heterocycles. The monoisotopic (exact) mass is 365 g/mol. The average Bonchev–Trinajstić information content (AvgIpc) is 3.27. The van der Waals surface area contributed by atoms with Crippen molar-refractivity contribution in [1.82, 2.24) is 4.57 Å². The standard InChI is InChI=1S/C19H15N3O3S/c23-18-17(8-13-4-2-1-3-5-13)26-19-20-10-21(11-22(18)19)14-6-7-15-16(9-14)25-12-24-15/h1-9H,10-12H2/b17-8-. The van der Waals surface area contributed by atoms with Crippen molar-refractivity contribution in [3.63, 3.8) is 0 Å². The molecule has 0 aliphatic carbocycles. The first-order valence-electron chi connectivity index (χ1n) is 8.23. The highest BCUT2D eigenvalue weighted by Gasteiger charge is 2.19. The van der Waals surface area contributed by atoms with Gasteiger partial charge in [-0.15, -0.1) is 0 Å². The van der Waals surface area contributed by atoms with E-state index in [-0.39, 0.29) is 12.4 Å². The number of thiazole rings is 1. The molecule has 130 valence electrons. The van der Waals surface area contributed by atoms with E-state index in [2.05, 4.69) is 4.99 Å². The van der Waals surface area contributed by atoms with Crippen molar-refractivity contribution in [3.8, 4) is 11.5 Å². The topological polar surface area (TPSA) is 56.1 Å². The van der Waals surface area contributed by atoms with Gasteiger partial charge in [-0.3, -0.25) is 9.36 Å². The number of aromatic nitrogens is 1. The predicted molar refractivity (Wildman–Crippen MR) is 99.3 cm³/mol. The molecule has 2 aromatic carbocycles. The zero-order chi connectivity index (χ0) is 17.5. The lowest BCUT2D eigenvalue weighted by atomic mass is 10.2. The molecule has 0 bridgehead atoms. The van der Waals surface area contributed by atoms with E-state index in [1.807, 2.05) is 59.5 Å². The van der Waals surface area contributed by atoms with E-state index in [4.69, 9.17) is 9.47 Å². The number of hydrogen-bond donors (Lipinski definition) is 0. The van der Waals surface area contributed by atoms with E-state index in [0.29, 0.717) is 17.9 Å². The fourth-order valence-corrected chi connectivity index (χ4v) is 4.02. The molecule has 26 heavy (non-hydrogen) atoms. The fourth-order valence-electron chi connectivity index (χ4n) is 3.06. The van der Waals surface area contributed by atoms with Gasteiger partial charge < -0.3 is 14.4 Å². The molecule has 6 nitrogen and oxygen atoms in total. The Hall–Kier alpha value is -3.06. The summed E-state index contributed by atoms with van der Waals surface area (Å²) in [6.07, 6.45) is 1.92. The lowest BCUT2D eigenvalue weighted by Gasteiger charge is -2.25. The van der Waals surface area contributed by atoms with Crippen LogP contribution in [0, 0.1) is 0 Å². The van der Waals surface area contributed by atoms with Gasteiger partial charge in [-0.05, 0) is 23.8 Å². The Kier molecular flexibility index (Phi) is 3.53. The van der Waals surface area contributed by atoms with Crippen molar-refractivity contribution >= 4 is 23.1 Å². The molecule has 0 radical (unpaired) electrons. The van der Waals surface area contributed by atoms with E-state index in [0.717, 1.165) is 27.6 Å². The number of hydrogen-bond acceptors (Lipinski definition) is 6. The van der Waals surface area contributed by atoms with E-state index >= 15 is 0 Å². The Labute approximate surface area is 152 Å². The first kappa shape index (κ1) is 15.2. The van der Waals surface area contributed by atoms with Gasteiger partial charge in [0.05, 0.1) is 4.53 Å². The average molecular weight is 365 g/mol. The highest BCUT2D eigenvalue weighted by atomic mass is 32.1. The quantitative estimate of drug-likeness (QED) is 0.691. The zero-order valence-corrected chi connectivity index (χ0v) is 14.6. The SMILES string of the molecule is O=c1/c(=C/c2ccccc2)sc2n1CN(c1ccc3c(c1)OCO3)CN=2. The predicted octanol–water partition coefficient (Wildman–Crippen LogP) is 1.52. The van der Waals surface area contributed by atoms with Crippen molar-refractivity contribution in [2.24, 2.45) is 4.99 Å². The minimum Gasteiger partial charge on any atom is -0.454 e. The van der Waals surface area contributed by atoms with Crippen LogP contribution in [0.1, 0.15) is 5.56 Å². The minimum absolute atomic E-state index is 0.0111. The molecule has 0 unspecified atom stereocenters. The van der Waals surface area contributed by atoms with Crippen LogP contribution in [0.2, 0.25) is 0 Å². The maximum Gasteiger partial charge on any atom is 0.271 e. The summed E-state index contributed by atoms with van der Waals surface area (Å²) in [6, 6.07) is 15.6. The van der Waals surface area contributed by atoms with Crippen LogP contribution in [0.3, 0.4) is 0 Å². The molecule has 0 saturated carbocycles. The van der Waals surface area contributed by atoms with Crippen LogP contribution in [0.15, 0.2) is 58.3 Å². The Morgan fingerprint density at radius 2 is 1.92 bits per heavy atom. The van der Waals surface area contributed by atoms with Crippen molar-refractivity contribution < 1.29 is 9.47 Å². The van der Waals surface area contributed by atoms with E-state index in [1.165, 1.54) is 11.3 Å². The van der Waals surface area contributed by atoms with E-state index in [9.17, 15) is 4.79 Å². The lowest BCUT2D eigenvalue weighted by molar-refractivity contribution is 0.174. The Balaban J connectivity index is 1.50. The molecule has 0 fully saturated rings. The molecule has 5 rings (SSSR count). The lowest BCUT2D eigenvalue weighted by Crippen LogP contribution is -2.42. The van der Waals surface area contributed by atoms with Gasteiger partial charge in [0, 0.05) is 11.8 Å². The summed E-state index contributed by atoms with van der Waals surface area (Å²) in [6.45, 7) is 1.22. The second-order valence-electron chi connectivity index (χ2n) is 6.06. The van der Waals surface area contributed by atoms with Crippen LogP contribution in [0.5, 0.6) is 11.5 Å². The third-order valence-corrected chi connectivity index (χ3v) is 5.44. The van der Waals surface area contributed by atoms with Crippen molar-refractivity contribution in [1.29, 1.82) is 0 Å². The molecule has 3 heterocycles. The number of anilines is 1. The summed E-state index contributed by atoms with van der Waals surface area (Å²) in [4.78, 5) is 20.2. The highest BCUT2D eigenvalue weighted by Crippen LogP contribution is 2.35. The summed E-state index contributed by atoms with van der Waals surface area (Å²) in [5.74, 6) is 1.47. The fraction of sp³-hybridized carbons (Fsp3) is 0.158. The number of benzene rings is 2. The van der Waals surface area contributed by atoms with E-state index in [1.54, 1.807) is 4.57 Å². The summed E-state index contributed by atoms with van der Waals surface area (Å²) in [7, 11) is 0. The zero-order valence-electron chi connectivity index (χ0n) is 13.8. The first-order chi connectivity index (χ1) is 12.8. The normalized spacial score (nSPS) is 15.7. The van der Waals surface area contributed by atoms with Gasteiger partial charge in [-0.2, -0.15) is 0 Å². The summed E-state index contributed by atoms with van der Waals surface area (Å²) < 4.78 is 13.2. The Bertz CT molecular complexity index is 1150. The maximum atomic E-state index is 12.8. The summed E-state index contributed by atoms with van der Waals surface area (Å²) >= 11 is 1.43. The van der Waals surface area contributed by atoms with Crippen LogP contribution in [-0.4, -0.2) is 18.0 Å². The summed E-state index contributed by atoms with van der Waals surface area (Å²) in [5, 5.41) is 0. The van der Waals surface area contributed by atoms with Crippen LogP contribution >= 0.6 is 11.3 Å². The molecule has 7 heteroatoms. The largest absolute Gasteiger partial charge is 0.454 e. The van der Waals surface area contributed by atoms with Gasteiger partial charge in [0.2, 0.25) is 6.79 Å². The number of rotatable bonds is 2. The molecule has 0 N–H and O–H groups in total. The molecule has 0 spiro atoms. The molecule has 3 aromatic rings. The molecule has 2 aliphatic heterocycles. The number of fused-ring (bicyclic) bond motifs is 2. The summed E-state index contributed by atoms with van der Waals surface area (Å²) in [5.41, 5.74) is 1.95. The Morgan fingerprint density at radius 1 is 1.08 bits per heavy atom. The van der Waals surface area contributed by atoms with E-state index < -0.39 is 0 Å². The van der Waals surface area contributed by atoms with Gasteiger partial charge in [0.25, 0.3) is 5.56 Å². The maximum absolute atomic E-state index is 12.8. The number of nitrogens with zero attached hydrogens (tertiary/aromatic N) is 3. The Morgan fingerprint density at radius 3 is 2.81 bits per heavy atom. The smallest absolute Gasteiger partial charge is 0.271 e. The molecule has 0 amide bonds. The van der Waals surface area contributed by atoms with Crippen molar-refractivity contribution in [2.45, 2.75) is 6.67 Å². The van der Waals surface area contributed by atoms with Crippen LogP contribution in [-0.2, 0) is 6.67 Å². The molecular formula is C19H15N3O3S. The van der Waals surface area contributed by atoms with Crippen molar-refractivity contribution in [3.05, 3.63) is 73.8 Å². The molecule has 1 aromatic heterocycles. The second kappa shape index (κ2) is 6.03. The van der Waals surface area contributed by atoms with Gasteiger partial charge in [-0.25, -0.2) is 4.99 Å². The van der Waals surface area contributed by atoms with Crippen LogP contribution < -0.4 is 29.3 Å². The van der Waals surface area contributed by atoms with Crippen molar-refractivity contribution in [2.75, 3.05) is 18.4 Å². The first-order valence-corrected chi connectivity index (χ1v) is 9.05. The van der Waals surface area contributed by atoms with Gasteiger partial charge in [-0.1, -0.05) is 41.7 Å². The van der Waals surface area contributed by atoms with Crippen LogP contribution in [0.4, 0.5) is 5.69 Å². The third-order valence-electron chi connectivity index (χ3n) is 4.40. The van der Waals surface area contributed by atoms with Gasteiger partial charge in [0.15, 0.2) is 16.3 Å². The molecular weight excluding hydrogens is 350 g/mol. The highest BCUT2D eigenvalue weighted by molar-refractivity contribution is 7.07. The molecule has 0 atom stereocenters. The molecule has 2 aliphatic rings. The number of ether oxygens (including phenoxy) is 2.